The van der Waals surface area contributed by atoms with Gasteiger partial charge in [-0.25, -0.2) is 0 Å². The van der Waals surface area contributed by atoms with Crippen molar-refractivity contribution >= 4 is 5.96 Å². The Balaban J connectivity index is 2.51. The lowest BCUT2D eigenvalue weighted by molar-refractivity contribution is 0.326. The Kier molecular flexibility index (Phi) is 3.97. The van der Waals surface area contributed by atoms with Crippen molar-refractivity contribution < 1.29 is 4.74 Å². The Bertz CT molecular complexity index is 357. The first kappa shape index (κ1) is 11.4. The molecule has 0 aromatic heterocycles. The van der Waals surface area contributed by atoms with Crippen LogP contribution in [0.4, 0.5) is 0 Å². The summed E-state index contributed by atoms with van der Waals surface area (Å²) in [6, 6.07) is 5.97. The van der Waals surface area contributed by atoms with Gasteiger partial charge in [0.1, 0.15) is 12.4 Å². The second-order valence-electron chi connectivity index (χ2n) is 3.35. The predicted molar refractivity (Wildman–Crippen MR) is 62.1 cm³/mol. The molecule has 0 atom stereocenters. The van der Waals surface area contributed by atoms with Gasteiger partial charge in [0.05, 0.1) is 6.54 Å². The average molecular weight is 207 g/mol. The Hall–Kier alpha value is -1.71. The maximum Gasteiger partial charge on any atom is 0.186 e. The van der Waals surface area contributed by atoms with Crippen LogP contribution in [0.15, 0.2) is 23.2 Å². The van der Waals surface area contributed by atoms with Gasteiger partial charge in [-0.2, -0.15) is 0 Å². The van der Waals surface area contributed by atoms with E-state index in [2.05, 4.69) is 18.0 Å². The summed E-state index contributed by atoms with van der Waals surface area (Å²) in [5, 5.41) is 0. The average Bonchev–Trinajstić information content (AvgIpc) is 2.18. The van der Waals surface area contributed by atoms with Gasteiger partial charge in [0.2, 0.25) is 0 Å². The van der Waals surface area contributed by atoms with E-state index in [0.29, 0.717) is 13.2 Å². The van der Waals surface area contributed by atoms with Crippen LogP contribution in [0.3, 0.4) is 0 Å². The van der Waals surface area contributed by atoms with E-state index in [4.69, 9.17) is 16.2 Å². The van der Waals surface area contributed by atoms with Crippen LogP contribution < -0.4 is 16.2 Å². The number of hydrogen-bond acceptors (Lipinski definition) is 2. The number of rotatable bonds is 4. The van der Waals surface area contributed by atoms with E-state index in [1.165, 1.54) is 5.56 Å². The third-order valence-corrected chi connectivity index (χ3v) is 2.20. The molecule has 0 fully saturated rings. The summed E-state index contributed by atoms with van der Waals surface area (Å²) in [6.07, 6.45) is 0. The van der Waals surface area contributed by atoms with Gasteiger partial charge in [0.25, 0.3) is 0 Å². The monoisotopic (exact) mass is 207 g/mol. The van der Waals surface area contributed by atoms with Gasteiger partial charge in [-0.15, -0.1) is 0 Å². The lowest BCUT2D eigenvalue weighted by Gasteiger charge is -2.09. The number of nitrogens with zero attached hydrogens (tertiary/aromatic N) is 1. The van der Waals surface area contributed by atoms with E-state index >= 15 is 0 Å². The topological polar surface area (TPSA) is 73.6 Å². The van der Waals surface area contributed by atoms with E-state index in [-0.39, 0.29) is 5.96 Å². The third kappa shape index (κ3) is 3.50. The van der Waals surface area contributed by atoms with Crippen molar-refractivity contribution in [2.75, 3.05) is 13.2 Å². The molecule has 0 spiro atoms. The van der Waals surface area contributed by atoms with Gasteiger partial charge in [0, 0.05) is 0 Å². The molecular weight excluding hydrogens is 190 g/mol. The lowest BCUT2D eigenvalue weighted by atomic mass is 10.1. The van der Waals surface area contributed by atoms with Crippen molar-refractivity contribution in [2.45, 2.75) is 13.8 Å². The van der Waals surface area contributed by atoms with Crippen molar-refractivity contribution in [3.63, 3.8) is 0 Å². The molecule has 0 unspecified atom stereocenters. The fourth-order valence-electron chi connectivity index (χ4n) is 1.21. The molecular formula is C11H17N3O. The molecule has 0 amide bonds. The van der Waals surface area contributed by atoms with Crippen molar-refractivity contribution in [1.82, 2.24) is 0 Å². The third-order valence-electron chi connectivity index (χ3n) is 2.20. The number of hydrogen-bond donors (Lipinski definition) is 2. The second-order valence-corrected chi connectivity index (χ2v) is 3.35. The maximum absolute atomic E-state index is 5.55. The highest BCUT2D eigenvalue weighted by molar-refractivity contribution is 5.75. The molecule has 0 radical (unpaired) electrons. The summed E-state index contributed by atoms with van der Waals surface area (Å²) in [5.41, 5.74) is 12.8. The number of aryl methyl sites for hydroxylation is 1. The molecule has 0 bridgehead atoms. The Morgan fingerprint density at radius 1 is 1.33 bits per heavy atom. The smallest absolute Gasteiger partial charge is 0.186 e. The molecule has 0 aliphatic heterocycles. The molecule has 4 heteroatoms. The lowest BCUT2D eigenvalue weighted by Crippen LogP contribution is -2.23. The SMILES string of the molecule is Cc1cccc(OCCN=C(N)N)c1C. The number of nitrogens with two attached hydrogens (primary N) is 2. The molecule has 0 aliphatic carbocycles. The van der Waals surface area contributed by atoms with Crippen LogP contribution in [0.2, 0.25) is 0 Å². The Morgan fingerprint density at radius 2 is 2.07 bits per heavy atom. The van der Waals surface area contributed by atoms with Crippen LogP contribution in [0.1, 0.15) is 11.1 Å². The molecule has 15 heavy (non-hydrogen) atoms. The van der Waals surface area contributed by atoms with E-state index in [9.17, 15) is 0 Å². The molecule has 4 nitrogen and oxygen atoms in total. The van der Waals surface area contributed by atoms with Crippen LogP contribution in [-0.4, -0.2) is 19.1 Å². The van der Waals surface area contributed by atoms with Gasteiger partial charge in [-0.1, -0.05) is 12.1 Å². The molecule has 0 saturated carbocycles. The summed E-state index contributed by atoms with van der Waals surface area (Å²) in [6.45, 7) is 5.06. The molecule has 82 valence electrons. The van der Waals surface area contributed by atoms with Gasteiger partial charge < -0.3 is 16.2 Å². The van der Waals surface area contributed by atoms with Gasteiger partial charge in [0.15, 0.2) is 5.96 Å². The zero-order valence-electron chi connectivity index (χ0n) is 9.16. The summed E-state index contributed by atoms with van der Waals surface area (Å²) in [5.74, 6) is 0.986. The number of ether oxygens (including phenoxy) is 1. The highest BCUT2D eigenvalue weighted by Crippen LogP contribution is 2.20. The van der Waals surface area contributed by atoms with Crippen molar-refractivity contribution in [3.05, 3.63) is 29.3 Å². The van der Waals surface area contributed by atoms with Crippen LogP contribution in [0.25, 0.3) is 0 Å². The molecule has 0 aliphatic rings. The van der Waals surface area contributed by atoms with Gasteiger partial charge >= 0.3 is 0 Å². The molecule has 0 saturated heterocycles. The van der Waals surface area contributed by atoms with Crippen LogP contribution in [0.5, 0.6) is 5.75 Å². The summed E-state index contributed by atoms with van der Waals surface area (Å²) in [7, 11) is 0. The minimum atomic E-state index is 0.0968. The Morgan fingerprint density at radius 3 is 2.73 bits per heavy atom. The van der Waals surface area contributed by atoms with Crippen LogP contribution >= 0.6 is 0 Å². The van der Waals surface area contributed by atoms with Gasteiger partial charge in [-0.05, 0) is 31.0 Å². The summed E-state index contributed by atoms with van der Waals surface area (Å²) in [4.78, 5) is 3.84. The molecule has 0 heterocycles. The first-order valence-corrected chi connectivity index (χ1v) is 4.85. The standard InChI is InChI=1S/C11H17N3O/c1-8-4-3-5-10(9(8)2)15-7-6-14-11(12)13/h3-5H,6-7H2,1-2H3,(H4,12,13,14). The number of benzene rings is 1. The summed E-state index contributed by atoms with van der Waals surface area (Å²) >= 11 is 0. The van der Waals surface area contributed by atoms with E-state index in [1.54, 1.807) is 0 Å². The molecule has 1 rings (SSSR count). The molecule has 1 aromatic rings. The van der Waals surface area contributed by atoms with Crippen molar-refractivity contribution in [1.29, 1.82) is 0 Å². The largest absolute Gasteiger partial charge is 0.491 e. The minimum absolute atomic E-state index is 0.0968. The van der Waals surface area contributed by atoms with Crippen molar-refractivity contribution in [3.8, 4) is 5.75 Å². The quantitative estimate of drug-likeness (QED) is 0.438. The highest BCUT2D eigenvalue weighted by Gasteiger charge is 2.00. The first-order valence-electron chi connectivity index (χ1n) is 4.85. The van der Waals surface area contributed by atoms with Crippen molar-refractivity contribution in [2.24, 2.45) is 16.5 Å². The summed E-state index contributed by atoms with van der Waals surface area (Å²) < 4.78 is 5.55. The number of guanidine groups is 1. The van der Waals surface area contributed by atoms with E-state index in [0.717, 1.165) is 11.3 Å². The first-order chi connectivity index (χ1) is 7.11. The maximum atomic E-state index is 5.55. The number of aliphatic imine (C=N–C) groups is 1. The Labute approximate surface area is 89.9 Å². The minimum Gasteiger partial charge on any atom is -0.491 e. The van der Waals surface area contributed by atoms with Gasteiger partial charge in [-0.3, -0.25) is 4.99 Å². The molecule has 1 aromatic carbocycles. The van der Waals surface area contributed by atoms with Crippen LogP contribution in [0, 0.1) is 13.8 Å². The fraction of sp³-hybridized carbons (Fsp3) is 0.364. The second kappa shape index (κ2) is 5.24. The fourth-order valence-corrected chi connectivity index (χ4v) is 1.21. The normalized spacial score (nSPS) is 9.73. The van der Waals surface area contributed by atoms with Crippen LogP contribution in [-0.2, 0) is 0 Å². The zero-order chi connectivity index (χ0) is 11.3. The zero-order valence-corrected chi connectivity index (χ0v) is 9.16. The van der Waals surface area contributed by atoms with E-state index in [1.807, 2.05) is 19.1 Å². The highest BCUT2D eigenvalue weighted by atomic mass is 16.5. The molecule has 4 N–H and O–H groups in total. The van der Waals surface area contributed by atoms with E-state index < -0.39 is 0 Å². The predicted octanol–water partition coefficient (Wildman–Crippen LogP) is 0.956.